The van der Waals surface area contributed by atoms with Crippen molar-refractivity contribution in [2.45, 2.75) is 39.4 Å². The third kappa shape index (κ3) is 3.50. The predicted molar refractivity (Wildman–Crippen MR) is 103 cm³/mol. The average Bonchev–Trinajstić information content (AvgIpc) is 3.24. The molecule has 2 heterocycles. The largest absolute Gasteiger partial charge is 0.454 e. The van der Waals surface area contributed by atoms with E-state index in [0.717, 1.165) is 64.9 Å². The smallest absolute Gasteiger partial charge is 0.231 e. The number of aromatic nitrogens is 2. The van der Waals surface area contributed by atoms with Gasteiger partial charge >= 0.3 is 0 Å². The molecule has 136 valence electrons. The van der Waals surface area contributed by atoms with Gasteiger partial charge in [-0.2, -0.15) is 0 Å². The molecule has 1 aromatic heterocycles. The zero-order chi connectivity index (χ0) is 17.9. The molecule has 2 aromatic carbocycles. The molecular formula is C20H22ClN3O2. The van der Waals surface area contributed by atoms with Crippen LogP contribution in [0.1, 0.15) is 31.2 Å². The number of imidazole rings is 1. The van der Waals surface area contributed by atoms with E-state index >= 15 is 0 Å². The lowest BCUT2D eigenvalue weighted by atomic mass is 10.2. The van der Waals surface area contributed by atoms with Crippen LogP contribution in [0.3, 0.4) is 0 Å². The number of halogens is 1. The number of hydrogen-bond acceptors (Lipinski definition) is 4. The molecule has 0 unspecified atom stereocenters. The topological polar surface area (TPSA) is 48.3 Å². The maximum Gasteiger partial charge on any atom is 0.231 e. The molecule has 0 bridgehead atoms. The van der Waals surface area contributed by atoms with Crippen LogP contribution in [-0.4, -0.2) is 16.3 Å². The Morgan fingerprint density at radius 2 is 2.00 bits per heavy atom. The molecular weight excluding hydrogens is 350 g/mol. The van der Waals surface area contributed by atoms with E-state index < -0.39 is 0 Å². The van der Waals surface area contributed by atoms with Gasteiger partial charge in [-0.05, 0) is 42.3 Å². The maximum absolute atomic E-state index is 6.19. The van der Waals surface area contributed by atoms with Gasteiger partial charge in [-0.1, -0.05) is 31.0 Å². The van der Waals surface area contributed by atoms with Gasteiger partial charge in [-0.15, -0.1) is 0 Å². The first kappa shape index (κ1) is 17.2. The fourth-order valence-corrected chi connectivity index (χ4v) is 3.38. The van der Waals surface area contributed by atoms with Gasteiger partial charge in [0.1, 0.15) is 5.82 Å². The van der Waals surface area contributed by atoms with E-state index in [1.165, 1.54) is 0 Å². The van der Waals surface area contributed by atoms with Crippen molar-refractivity contribution in [3.8, 4) is 11.5 Å². The van der Waals surface area contributed by atoms with Gasteiger partial charge in [0, 0.05) is 18.1 Å². The number of nitrogens with one attached hydrogen (secondary N) is 1. The fraction of sp³-hybridized carbons (Fsp3) is 0.350. The lowest BCUT2D eigenvalue weighted by Gasteiger charge is -2.10. The Balaban J connectivity index is 1.49. The molecule has 0 spiro atoms. The molecule has 4 rings (SSSR count). The minimum atomic E-state index is 0.302. The molecule has 0 fully saturated rings. The quantitative estimate of drug-likeness (QED) is 0.664. The third-order valence-corrected chi connectivity index (χ3v) is 4.81. The van der Waals surface area contributed by atoms with Gasteiger partial charge in [0.2, 0.25) is 6.79 Å². The van der Waals surface area contributed by atoms with Crippen molar-refractivity contribution < 1.29 is 9.47 Å². The third-order valence-electron chi connectivity index (χ3n) is 4.57. The van der Waals surface area contributed by atoms with Crippen molar-refractivity contribution in [3.63, 3.8) is 0 Å². The second-order valence-electron chi connectivity index (χ2n) is 6.46. The summed E-state index contributed by atoms with van der Waals surface area (Å²) < 4.78 is 13.1. The normalized spacial score (nSPS) is 12.8. The molecule has 0 saturated heterocycles. The zero-order valence-corrected chi connectivity index (χ0v) is 15.6. The van der Waals surface area contributed by atoms with Crippen LogP contribution in [0, 0.1) is 0 Å². The number of fused-ring (bicyclic) bond motifs is 2. The number of hydrogen-bond donors (Lipinski definition) is 1. The summed E-state index contributed by atoms with van der Waals surface area (Å²) in [7, 11) is 0. The first-order valence-electron chi connectivity index (χ1n) is 8.98. The van der Waals surface area contributed by atoms with Crippen molar-refractivity contribution in [2.75, 3.05) is 6.79 Å². The first-order chi connectivity index (χ1) is 12.7. The van der Waals surface area contributed by atoms with E-state index in [1.54, 1.807) is 0 Å². The summed E-state index contributed by atoms with van der Waals surface area (Å²) in [5.74, 6) is 2.66. The molecule has 0 atom stereocenters. The Bertz CT molecular complexity index is 923. The Hall–Kier alpha value is -2.24. The fourth-order valence-electron chi connectivity index (χ4n) is 3.22. The highest BCUT2D eigenvalue weighted by molar-refractivity contribution is 6.31. The second-order valence-corrected chi connectivity index (χ2v) is 6.89. The molecule has 1 aliphatic heterocycles. The molecule has 1 N–H and O–H groups in total. The minimum absolute atomic E-state index is 0.302. The SMILES string of the molecule is CCCCn1c(CNCc2ccc3c(c2)OCO3)nc2ccc(Cl)cc21. The van der Waals surface area contributed by atoms with Gasteiger partial charge in [0.05, 0.1) is 17.6 Å². The van der Waals surface area contributed by atoms with Crippen LogP contribution >= 0.6 is 11.6 Å². The summed E-state index contributed by atoms with van der Waals surface area (Å²) in [6, 6.07) is 11.9. The van der Waals surface area contributed by atoms with Gasteiger partial charge in [0.25, 0.3) is 0 Å². The van der Waals surface area contributed by atoms with Gasteiger partial charge < -0.3 is 19.4 Å². The zero-order valence-electron chi connectivity index (χ0n) is 14.8. The van der Waals surface area contributed by atoms with E-state index in [9.17, 15) is 0 Å². The summed E-state index contributed by atoms with van der Waals surface area (Å²) in [5.41, 5.74) is 3.25. The lowest BCUT2D eigenvalue weighted by Crippen LogP contribution is -2.17. The Morgan fingerprint density at radius 1 is 1.12 bits per heavy atom. The van der Waals surface area contributed by atoms with Crippen LogP contribution in [0.2, 0.25) is 5.02 Å². The van der Waals surface area contributed by atoms with Crippen LogP contribution in [0.5, 0.6) is 11.5 Å². The average molecular weight is 372 g/mol. The molecule has 6 heteroatoms. The van der Waals surface area contributed by atoms with E-state index in [2.05, 4.69) is 22.9 Å². The molecule has 0 saturated carbocycles. The second kappa shape index (κ2) is 7.56. The molecule has 0 radical (unpaired) electrons. The first-order valence-corrected chi connectivity index (χ1v) is 9.36. The van der Waals surface area contributed by atoms with Crippen LogP contribution < -0.4 is 14.8 Å². The van der Waals surface area contributed by atoms with Crippen LogP contribution in [-0.2, 0) is 19.6 Å². The summed E-state index contributed by atoms with van der Waals surface area (Å²) in [4.78, 5) is 4.79. The molecule has 26 heavy (non-hydrogen) atoms. The Labute approximate surface area is 157 Å². The van der Waals surface area contributed by atoms with E-state index in [0.29, 0.717) is 13.3 Å². The van der Waals surface area contributed by atoms with Crippen molar-refractivity contribution in [2.24, 2.45) is 0 Å². The van der Waals surface area contributed by atoms with Crippen LogP contribution in [0.4, 0.5) is 0 Å². The summed E-state index contributed by atoms with van der Waals surface area (Å²) in [5, 5.41) is 4.23. The highest BCUT2D eigenvalue weighted by Gasteiger charge is 2.14. The van der Waals surface area contributed by atoms with Gasteiger partial charge in [0.15, 0.2) is 11.5 Å². The number of nitrogens with zero attached hydrogens (tertiary/aromatic N) is 2. The maximum atomic E-state index is 6.19. The number of unbranched alkanes of at least 4 members (excludes halogenated alkanes) is 1. The molecule has 0 amide bonds. The number of aryl methyl sites for hydroxylation is 1. The van der Waals surface area contributed by atoms with E-state index in [4.69, 9.17) is 26.1 Å². The Morgan fingerprint density at radius 3 is 2.88 bits per heavy atom. The highest BCUT2D eigenvalue weighted by Crippen LogP contribution is 2.32. The summed E-state index contributed by atoms with van der Waals surface area (Å²) >= 11 is 6.19. The van der Waals surface area contributed by atoms with E-state index in [-0.39, 0.29) is 0 Å². The number of benzene rings is 2. The molecule has 5 nitrogen and oxygen atoms in total. The van der Waals surface area contributed by atoms with Gasteiger partial charge in [-0.25, -0.2) is 4.98 Å². The number of ether oxygens (including phenoxy) is 2. The molecule has 1 aliphatic rings. The van der Waals surface area contributed by atoms with Crippen molar-refractivity contribution in [1.29, 1.82) is 0 Å². The highest BCUT2D eigenvalue weighted by atomic mass is 35.5. The van der Waals surface area contributed by atoms with Crippen LogP contribution in [0.25, 0.3) is 11.0 Å². The van der Waals surface area contributed by atoms with Crippen molar-refractivity contribution in [1.82, 2.24) is 14.9 Å². The van der Waals surface area contributed by atoms with E-state index in [1.807, 2.05) is 30.3 Å². The molecule has 0 aliphatic carbocycles. The molecule has 3 aromatic rings. The monoisotopic (exact) mass is 371 g/mol. The van der Waals surface area contributed by atoms with Crippen molar-refractivity contribution >= 4 is 22.6 Å². The standard InChI is InChI=1S/C20H22ClN3O2/c1-2-3-8-24-17-10-15(21)5-6-16(17)23-20(24)12-22-11-14-4-7-18-19(9-14)26-13-25-18/h4-7,9-10,22H,2-3,8,11-13H2,1H3. The number of rotatable bonds is 7. The predicted octanol–water partition coefficient (Wildman–Crippen LogP) is 4.51. The minimum Gasteiger partial charge on any atom is -0.454 e. The lowest BCUT2D eigenvalue weighted by molar-refractivity contribution is 0.174. The summed E-state index contributed by atoms with van der Waals surface area (Å²) in [6.07, 6.45) is 2.26. The summed E-state index contributed by atoms with van der Waals surface area (Å²) in [6.45, 7) is 4.90. The van der Waals surface area contributed by atoms with Gasteiger partial charge in [-0.3, -0.25) is 0 Å². The van der Waals surface area contributed by atoms with Crippen LogP contribution in [0.15, 0.2) is 36.4 Å². The Kier molecular flexibility index (Phi) is 5.00. The van der Waals surface area contributed by atoms with Crippen molar-refractivity contribution in [3.05, 3.63) is 52.8 Å².